The Hall–Kier alpha value is -3.34. The lowest BCUT2D eigenvalue weighted by atomic mass is 10.3. The van der Waals surface area contributed by atoms with E-state index in [1.807, 2.05) is 0 Å². The molecule has 2 amide bonds. The molecule has 0 unspecified atom stereocenters. The van der Waals surface area contributed by atoms with Crippen LogP contribution in [0.3, 0.4) is 0 Å². The van der Waals surface area contributed by atoms with Gasteiger partial charge in [-0.25, -0.2) is 13.2 Å². The van der Waals surface area contributed by atoms with Gasteiger partial charge in [0.2, 0.25) is 0 Å². The SMILES string of the molecule is Cc1cc(NC(=O)Nc2ccc(S(=O)(=O)Nc3cc(C)on3)cc2)no1. The first kappa shape index (κ1) is 17.5. The fourth-order valence-electron chi connectivity index (χ4n) is 2.03. The van der Waals surface area contributed by atoms with Crippen LogP contribution in [0.25, 0.3) is 0 Å². The number of benzene rings is 1. The fraction of sp³-hybridized carbons (Fsp3) is 0.133. The molecule has 0 saturated carbocycles. The zero-order valence-corrected chi connectivity index (χ0v) is 14.6. The second-order valence-corrected chi connectivity index (χ2v) is 7.04. The summed E-state index contributed by atoms with van der Waals surface area (Å²) in [5, 5.41) is 12.3. The third kappa shape index (κ3) is 4.19. The normalized spacial score (nSPS) is 11.2. The van der Waals surface area contributed by atoms with E-state index in [9.17, 15) is 13.2 Å². The molecule has 0 bridgehead atoms. The van der Waals surface area contributed by atoms with Gasteiger partial charge in [0.25, 0.3) is 10.0 Å². The van der Waals surface area contributed by atoms with Gasteiger partial charge in [0.1, 0.15) is 11.5 Å². The Morgan fingerprint density at radius 3 is 2.04 bits per heavy atom. The molecule has 3 aromatic rings. The number of nitrogens with zero attached hydrogens (tertiary/aromatic N) is 2. The predicted octanol–water partition coefficient (Wildman–Crippen LogP) is 2.72. The van der Waals surface area contributed by atoms with Crippen LogP contribution >= 0.6 is 0 Å². The summed E-state index contributed by atoms with van der Waals surface area (Å²) in [5.74, 6) is 1.40. The summed E-state index contributed by atoms with van der Waals surface area (Å²) < 4.78 is 36.5. The number of carbonyl (C=O) groups is 1. The number of sulfonamides is 1. The summed E-state index contributed by atoms with van der Waals surface area (Å²) in [5.41, 5.74) is 0.402. The van der Waals surface area contributed by atoms with Crippen molar-refractivity contribution in [2.45, 2.75) is 18.7 Å². The maximum Gasteiger partial charge on any atom is 0.324 e. The Bertz CT molecular complexity index is 1020. The van der Waals surface area contributed by atoms with Crippen molar-refractivity contribution in [2.75, 3.05) is 15.4 Å². The first-order chi connectivity index (χ1) is 12.3. The lowest BCUT2D eigenvalue weighted by Crippen LogP contribution is -2.19. The molecule has 0 atom stereocenters. The van der Waals surface area contributed by atoms with E-state index < -0.39 is 16.1 Å². The van der Waals surface area contributed by atoms with Crippen LogP contribution in [-0.4, -0.2) is 24.8 Å². The van der Waals surface area contributed by atoms with E-state index in [-0.39, 0.29) is 16.5 Å². The van der Waals surface area contributed by atoms with E-state index in [0.717, 1.165) is 0 Å². The van der Waals surface area contributed by atoms with Crippen molar-refractivity contribution in [3.8, 4) is 0 Å². The number of amides is 2. The van der Waals surface area contributed by atoms with E-state index in [1.54, 1.807) is 19.9 Å². The number of aryl methyl sites for hydroxylation is 2. The van der Waals surface area contributed by atoms with Gasteiger partial charge in [-0.15, -0.1) is 0 Å². The average molecular weight is 377 g/mol. The van der Waals surface area contributed by atoms with Crippen LogP contribution in [0.15, 0.2) is 50.3 Å². The van der Waals surface area contributed by atoms with E-state index in [4.69, 9.17) is 9.05 Å². The van der Waals surface area contributed by atoms with Crippen molar-refractivity contribution in [2.24, 2.45) is 0 Å². The molecular weight excluding hydrogens is 362 g/mol. The van der Waals surface area contributed by atoms with Gasteiger partial charge >= 0.3 is 6.03 Å². The van der Waals surface area contributed by atoms with Crippen molar-refractivity contribution in [3.63, 3.8) is 0 Å². The largest absolute Gasteiger partial charge is 0.360 e. The number of aromatic nitrogens is 2. The number of carbonyl (C=O) groups excluding carboxylic acids is 1. The number of hydrogen-bond acceptors (Lipinski definition) is 7. The van der Waals surface area contributed by atoms with Crippen LogP contribution in [0, 0.1) is 13.8 Å². The zero-order chi connectivity index (χ0) is 18.7. The molecule has 0 radical (unpaired) electrons. The Balaban J connectivity index is 1.64. The lowest BCUT2D eigenvalue weighted by Gasteiger charge is -2.08. The van der Waals surface area contributed by atoms with Crippen molar-refractivity contribution in [1.82, 2.24) is 10.3 Å². The summed E-state index contributed by atoms with van der Waals surface area (Å²) in [6.07, 6.45) is 0. The lowest BCUT2D eigenvalue weighted by molar-refractivity contribution is 0.262. The summed E-state index contributed by atoms with van der Waals surface area (Å²) in [6, 6.07) is 8.10. The van der Waals surface area contributed by atoms with Crippen LogP contribution in [0.2, 0.25) is 0 Å². The average Bonchev–Trinajstić information content (AvgIpc) is 3.15. The van der Waals surface area contributed by atoms with Crippen molar-refractivity contribution < 1.29 is 22.3 Å². The topological polar surface area (TPSA) is 139 Å². The van der Waals surface area contributed by atoms with Crippen LogP contribution in [0.4, 0.5) is 22.1 Å². The summed E-state index contributed by atoms with van der Waals surface area (Å²) in [7, 11) is -3.81. The van der Waals surface area contributed by atoms with Crippen molar-refractivity contribution in [1.29, 1.82) is 0 Å². The van der Waals surface area contributed by atoms with Crippen molar-refractivity contribution >= 4 is 33.4 Å². The summed E-state index contributed by atoms with van der Waals surface area (Å²) in [4.78, 5) is 11.9. The minimum absolute atomic E-state index is 0.0104. The van der Waals surface area contributed by atoms with E-state index in [0.29, 0.717) is 17.2 Å². The molecule has 0 aliphatic rings. The summed E-state index contributed by atoms with van der Waals surface area (Å²) >= 11 is 0. The summed E-state index contributed by atoms with van der Waals surface area (Å²) in [6.45, 7) is 3.35. The van der Waals surface area contributed by atoms with Crippen LogP contribution in [0.5, 0.6) is 0 Å². The van der Waals surface area contributed by atoms with Crippen LogP contribution in [0.1, 0.15) is 11.5 Å². The number of hydrogen-bond donors (Lipinski definition) is 3. The van der Waals surface area contributed by atoms with Crippen LogP contribution in [-0.2, 0) is 10.0 Å². The Morgan fingerprint density at radius 1 is 0.923 bits per heavy atom. The van der Waals surface area contributed by atoms with Crippen LogP contribution < -0.4 is 15.4 Å². The highest BCUT2D eigenvalue weighted by molar-refractivity contribution is 7.92. The highest BCUT2D eigenvalue weighted by atomic mass is 32.2. The molecular formula is C15H15N5O5S. The molecule has 26 heavy (non-hydrogen) atoms. The molecule has 2 aromatic heterocycles. The Morgan fingerprint density at radius 2 is 1.50 bits per heavy atom. The first-order valence-electron chi connectivity index (χ1n) is 7.39. The van der Waals surface area contributed by atoms with Gasteiger partial charge in [-0.05, 0) is 38.1 Å². The molecule has 3 N–H and O–H groups in total. The zero-order valence-electron chi connectivity index (χ0n) is 13.8. The number of nitrogens with one attached hydrogen (secondary N) is 3. The Kier molecular flexibility index (Phi) is 4.63. The third-order valence-electron chi connectivity index (χ3n) is 3.16. The highest BCUT2D eigenvalue weighted by Gasteiger charge is 2.16. The van der Waals surface area contributed by atoms with E-state index >= 15 is 0 Å². The highest BCUT2D eigenvalue weighted by Crippen LogP contribution is 2.18. The maximum atomic E-state index is 12.3. The third-order valence-corrected chi connectivity index (χ3v) is 4.53. The van der Waals surface area contributed by atoms with Crippen molar-refractivity contribution in [3.05, 3.63) is 47.9 Å². The number of urea groups is 1. The molecule has 2 heterocycles. The second kappa shape index (κ2) is 6.88. The van der Waals surface area contributed by atoms with Gasteiger partial charge in [-0.3, -0.25) is 10.0 Å². The molecule has 136 valence electrons. The molecule has 1 aromatic carbocycles. The fourth-order valence-corrected chi connectivity index (χ4v) is 3.02. The van der Waals surface area contributed by atoms with Gasteiger partial charge in [0.15, 0.2) is 11.6 Å². The number of anilines is 3. The minimum Gasteiger partial charge on any atom is -0.360 e. The van der Waals surface area contributed by atoms with Gasteiger partial charge in [-0.1, -0.05) is 10.3 Å². The minimum atomic E-state index is -3.81. The molecule has 11 heteroatoms. The molecule has 3 rings (SSSR count). The van der Waals surface area contributed by atoms with Gasteiger partial charge in [0.05, 0.1) is 4.90 Å². The quantitative estimate of drug-likeness (QED) is 0.621. The maximum absolute atomic E-state index is 12.3. The second-order valence-electron chi connectivity index (χ2n) is 5.35. The molecule has 0 saturated heterocycles. The monoisotopic (exact) mass is 377 g/mol. The van der Waals surface area contributed by atoms with Gasteiger partial charge in [0, 0.05) is 17.8 Å². The van der Waals surface area contributed by atoms with Gasteiger partial charge in [-0.2, -0.15) is 0 Å². The van der Waals surface area contributed by atoms with E-state index in [1.165, 1.54) is 30.3 Å². The molecule has 10 nitrogen and oxygen atoms in total. The smallest absolute Gasteiger partial charge is 0.324 e. The standard InChI is InChI=1S/C15H15N5O5S/c1-9-7-13(18-24-9)17-15(21)16-11-3-5-12(6-4-11)26(22,23)20-14-8-10(2)25-19-14/h3-8H,1-2H3,(H,19,20)(H2,16,17,18,21). The van der Waals surface area contributed by atoms with Gasteiger partial charge < -0.3 is 14.4 Å². The Labute approximate surface area is 148 Å². The molecule has 0 aliphatic heterocycles. The van der Waals surface area contributed by atoms with E-state index in [2.05, 4.69) is 25.7 Å². The number of rotatable bonds is 5. The molecule has 0 aliphatic carbocycles. The molecule has 0 fully saturated rings. The predicted molar refractivity (Wildman–Crippen MR) is 92.4 cm³/mol. The molecule has 0 spiro atoms. The first-order valence-corrected chi connectivity index (χ1v) is 8.88.